The second-order valence-electron chi connectivity index (χ2n) is 10.9. The van der Waals surface area contributed by atoms with Crippen LogP contribution in [0, 0.1) is 11.8 Å². The molecule has 1 saturated heterocycles. The van der Waals surface area contributed by atoms with Crippen LogP contribution in [-0.4, -0.2) is 85.9 Å². The van der Waals surface area contributed by atoms with E-state index in [0.717, 1.165) is 25.7 Å². The highest BCUT2D eigenvalue weighted by molar-refractivity contribution is 6.31. The van der Waals surface area contributed by atoms with E-state index in [4.69, 9.17) is 22.1 Å². The number of nitrogens with two attached hydrogens (primary N) is 1. The Balaban J connectivity index is 1.50. The van der Waals surface area contributed by atoms with E-state index < -0.39 is 11.7 Å². The first kappa shape index (κ1) is 32.3. The van der Waals surface area contributed by atoms with Gasteiger partial charge in [0, 0.05) is 62.9 Å². The molecule has 0 amide bonds. The molecule has 11 heteroatoms. The standard InChI is InChI=1S/C32H35ClF3N5O2/c1-39(2)14-15-43-27-19-25(31(37)38-20-27)7-6-23-18-24(8-9-29(23)33)30(42)17-22-4-5-26(28(16-22)32(34,35)36)21-41-12-10-40(3)11-13-41/h4-5,8-9,16,18-20H,10-15,17,21H2,1-3H3,(H2,37,38). The summed E-state index contributed by atoms with van der Waals surface area (Å²) in [5.74, 6) is 6.25. The lowest BCUT2D eigenvalue weighted by molar-refractivity contribution is -0.138. The number of carbonyl (C=O) groups excluding carboxylic acids is 1. The van der Waals surface area contributed by atoms with Gasteiger partial charge < -0.3 is 20.3 Å². The van der Waals surface area contributed by atoms with Crippen molar-refractivity contribution in [2.45, 2.75) is 19.1 Å². The van der Waals surface area contributed by atoms with E-state index in [1.54, 1.807) is 18.2 Å². The summed E-state index contributed by atoms with van der Waals surface area (Å²) in [5.41, 5.74) is 6.88. The zero-order valence-electron chi connectivity index (χ0n) is 24.5. The molecule has 2 heterocycles. The summed E-state index contributed by atoms with van der Waals surface area (Å²) < 4.78 is 47.7. The van der Waals surface area contributed by atoms with Gasteiger partial charge in [-0.1, -0.05) is 35.6 Å². The van der Waals surface area contributed by atoms with Gasteiger partial charge in [-0.2, -0.15) is 13.2 Å². The summed E-state index contributed by atoms with van der Waals surface area (Å²) in [4.78, 5) is 23.4. The van der Waals surface area contributed by atoms with Crippen LogP contribution in [0.2, 0.25) is 5.02 Å². The molecule has 0 aliphatic carbocycles. The van der Waals surface area contributed by atoms with E-state index in [-0.39, 0.29) is 41.3 Å². The first-order valence-corrected chi connectivity index (χ1v) is 14.2. The number of ketones is 1. The molecular weight excluding hydrogens is 579 g/mol. The van der Waals surface area contributed by atoms with Gasteiger partial charge in [0.15, 0.2) is 5.78 Å². The molecule has 2 N–H and O–H groups in total. The van der Waals surface area contributed by atoms with Crippen molar-refractivity contribution in [1.82, 2.24) is 19.7 Å². The van der Waals surface area contributed by atoms with Gasteiger partial charge in [0.05, 0.1) is 22.3 Å². The SMILES string of the molecule is CN(C)CCOc1cnc(N)c(C#Cc2cc(C(=O)Cc3ccc(CN4CCN(C)CC4)c(C(F)(F)F)c3)ccc2Cl)c1. The number of nitrogens with zero attached hydrogens (tertiary/aromatic N) is 4. The lowest BCUT2D eigenvalue weighted by Gasteiger charge is -2.33. The van der Waals surface area contributed by atoms with E-state index in [2.05, 4.69) is 21.7 Å². The van der Waals surface area contributed by atoms with Crippen LogP contribution < -0.4 is 10.5 Å². The monoisotopic (exact) mass is 613 g/mol. The number of benzene rings is 2. The third kappa shape index (κ3) is 9.18. The number of rotatable bonds is 9. The zero-order chi connectivity index (χ0) is 31.1. The van der Waals surface area contributed by atoms with Crippen LogP contribution >= 0.6 is 11.6 Å². The first-order chi connectivity index (χ1) is 20.4. The number of alkyl halides is 3. The number of pyridine rings is 1. The van der Waals surface area contributed by atoms with Gasteiger partial charge in [-0.3, -0.25) is 9.69 Å². The van der Waals surface area contributed by atoms with Gasteiger partial charge in [-0.15, -0.1) is 0 Å². The maximum absolute atomic E-state index is 14.0. The Bertz CT molecular complexity index is 1510. The zero-order valence-corrected chi connectivity index (χ0v) is 25.2. The number of Topliss-reactive ketones (excluding diaryl/α,β-unsaturated/α-hetero) is 1. The van der Waals surface area contributed by atoms with Crippen molar-refractivity contribution in [3.05, 3.63) is 87.1 Å². The Morgan fingerprint density at radius 2 is 1.79 bits per heavy atom. The van der Waals surface area contributed by atoms with Crippen LogP contribution in [0.4, 0.5) is 19.0 Å². The second kappa shape index (κ2) is 14.2. The number of piperazine rings is 1. The molecule has 1 aliphatic heterocycles. The van der Waals surface area contributed by atoms with Crippen molar-refractivity contribution in [2.24, 2.45) is 0 Å². The molecule has 0 unspecified atom stereocenters. The fraction of sp³-hybridized carbons (Fsp3) is 0.375. The molecule has 0 spiro atoms. The summed E-state index contributed by atoms with van der Waals surface area (Å²) in [5, 5.41) is 0.321. The third-order valence-electron chi connectivity index (χ3n) is 7.16. The van der Waals surface area contributed by atoms with Gasteiger partial charge in [0.1, 0.15) is 18.2 Å². The molecule has 2 aromatic carbocycles. The van der Waals surface area contributed by atoms with Crippen LogP contribution in [0.15, 0.2) is 48.7 Å². The number of likely N-dealkylation sites (N-methyl/N-ethyl adjacent to an activating group) is 2. The predicted octanol–water partition coefficient (Wildman–Crippen LogP) is 4.85. The average Bonchev–Trinajstić information content (AvgIpc) is 2.95. The second-order valence-corrected chi connectivity index (χ2v) is 11.3. The Labute approximate surface area is 255 Å². The molecule has 1 aromatic heterocycles. The Kier molecular flexibility index (Phi) is 10.7. The van der Waals surface area contributed by atoms with E-state index >= 15 is 0 Å². The Morgan fingerprint density at radius 1 is 1.07 bits per heavy atom. The van der Waals surface area contributed by atoms with E-state index in [9.17, 15) is 18.0 Å². The normalized spacial score (nSPS) is 14.4. The van der Waals surface area contributed by atoms with Crippen LogP contribution in [-0.2, 0) is 19.1 Å². The number of aromatic nitrogens is 1. The number of anilines is 1. The molecule has 1 fully saturated rings. The number of nitrogen functional groups attached to an aromatic ring is 1. The summed E-state index contributed by atoms with van der Waals surface area (Å²) >= 11 is 6.35. The van der Waals surface area contributed by atoms with Crippen LogP contribution in [0.1, 0.15) is 38.2 Å². The fourth-order valence-corrected chi connectivity index (χ4v) is 4.74. The van der Waals surface area contributed by atoms with Gasteiger partial charge >= 0.3 is 6.18 Å². The molecule has 228 valence electrons. The highest BCUT2D eigenvalue weighted by Gasteiger charge is 2.34. The largest absolute Gasteiger partial charge is 0.491 e. The van der Waals surface area contributed by atoms with E-state index in [1.807, 2.05) is 30.9 Å². The third-order valence-corrected chi connectivity index (χ3v) is 7.48. The highest BCUT2D eigenvalue weighted by atomic mass is 35.5. The van der Waals surface area contributed by atoms with Crippen molar-refractivity contribution in [3.8, 4) is 17.6 Å². The summed E-state index contributed by atoms with van der Waals surface area (Å²) in [6, 6.07) is 10.5. The van der Waals surface area contributed by atoms with Gasteiger partial charge in [-0.05, 0) is 56.5 Å². The summed E-state index contributed by atoms with van der Waals surface area (Å²) in [7, 11) is 5.88. The lowest BCUT2D eigenvalue weighted by Crippen LogP contribution is -2.44. The van der Waals surface area contributed by atoms with Crippen molar-refractivity contribution >= 4 is 23.2 Å². The number of carbonyl (C=O) groups is 1. The van der Waals surface area contributed by atoms with E-state index in [0.29, 0.717) is 41.6 Å². The topological polar surface area (TPSA) is 74.9 Å². The maximum Gasteiger partial charge on any atom is 0.416 e. The predicted molar refractivity (Wildman–Crippen MR) is 162 cm³/mol. The van der Waals surface area contributed by atoms with Crippen molar-refractivity contribution in [2.75, 3.05) is 66.2 Å². The smallest absolute Gasteiger partial charge is 0.416 e. The average molecular weight is 614 g/mol. The molecule has 43 heavy (non-hydrogen) atoms. The lowest BCUT2D eigenvalue weighted by atomic mass is 9.97. The molecule has 0 atom stereocenters. The molecule has 4 rings (SSSR count). The maximum atomic E-state index is 14.0. The number of hydrogen-bond donors (Lipinski definition) is 1. The van der Waals surface area contributed by atoms with Gasteiger partial charge in [-0.25, -0.2) is 4.98 Å². The molecule has 7 nitrogen and oxygen atoms in total. The van der Waals surface area contributed by atoms with Gasteiger partial charge in [0.25, 0.3) is 0 Å². The van der Waals surface area contributed by atoms with Crippen LogP contribution in [0.5, 0.6) is 5.75 Å². The Hall–Kier alpha value is -3.62. The number of hydrogen-bond acceptors (Lipinski definition) is 7. The molecule has 0 radical (unpaired) electrons. The summed E-state index contributed by atoms with van der Waals surface area (Å²) in [6.45, 7) is 4.42. The number of ether oxygens (including phenoxy) is 1. The van der Waals surface area contributed by atoms with Crippen LogP contribution in [0.3, 0.4) is 0 Å². The van der Waals surface area contributed by atoms with E-state index in [1.165, 1.54) is 24.4 Å². The van der Waals surface area contributed by atoms with Crippen molar-refractivity contribution in [1.29, 1.82) is 0 Å². The summed E-state index contributed by atoms with van der Waals surface area (Å²) in [6.07, 6.45) is -3.21. The molecule has 0 saturated carbocycles. The van der Waals surface area contributed by atoms with Crippen molar-refractivity contribution in [3.63, 3.8) is 0 Å². The first-order valence-electron chi connectivity index (χ1n) is 13.9. The molecule has 0 bridgehead atoms. The molecule has 3 aromatic rings. The molecular formula is C32H35ClF3N5O2. The van der Waals surface area contributed by atoms with Crippen LogP contribution in [0.25, 0.3) is 0 Å². The quantitative estimate of drug-likeness (QED) is 0.273. The number of halogens is 4. The highest BCUT2D eigenvalue weighted by Crippen LogP contribution is 2.34. The minimum atomic E-state index is -4.53. The van der Waals surface area contributed by atoms with Gasteiger partial charge in [0.2, 0.25) is 0 Å². The minimum absolute atomic E-state index is 0.199. The Morgan fingerprint density at radius 3 is 2.49 bits per heavy atom. The molecule has 1 aliphatic rings. The fourth-order valence-electron chi connectivity index (χ4n) is 4.58. The van der Waals surface area contributed by atoms with Crippen molar-refractivity contribution < 1.29 is 22.7 Å². The minimum Gasteiger partial charge on any atom is -0.491 e.